The van der Waals surface area contributed by atoms with Crippen molar-refractivity contribution in [3.05, 3.63) is 34.3 Å². The van der Waals surface area contributed by atoms with Crippen molar-refractivity contribution in [1.82, 2.24) is 15.0 Å². The van der Waals surface area contributed by atoms with Crippen LogP contribution in [0.1, 0.15) is 5.56 Å². The molecule has 6 nitrogen and oxygen atoms in total. The number of aromatic nitrogens is 3. The minimum absolute atomic E-state index is 0.143. The Balaban J connectivity index is 2.08. The Morgan fingerprint density at radius 2 is 1.84 bits per heavy atom. The van der Waals surface area contributed by atoms with Gasteiger partial charge in [0.25, 0.3) is 0 Å². The van der Waals surface area contributed by atoms with Gasteiger partial charge in [0.05, 0.1) is 0 Å². The number of hydrogen-bond donors (Lipinski definition) is 1. The van der Waals surface area contributed by atoms with Gasteiger partial charge in [0.1, 0.15) is 6.61 Å². The van der Waals surface area contributed by atoms with Gasteiger partial charge in [-0.3, -0.25) is 0 Å². The predicted molar refractivity (Wildman–Crippen MR) is 77.0 cm³/mol. The summed E-state index contributed by atoms with van der Waals surface area (Å²) in [6.07, 6.45) is 0. The Kier molecular flexibility index (Phi) is 4.16. The number of nitrogen functional groups attached to an aromatic ring is 1. The van der Waals surface area contributed by atoms with Crippen LogP contribution in [0.2, 0.25) is 0 Å². The second-order valence-corrected chi connectivity index (χ2v) is 5.00. The van der Waals surface area contributed by atoms with Gasteiger partial charge in [-0.1, -0.05) is 28.1 Å². The van der Waals surface area contributed by atoms with Crippen molar-refractivity contribution in [2.24, 2.45) is 0 Å². The van der Waals surface area contributed by atoms with Gasteiger partial charge in [0.2, 0.25) is 11.9 Å². The Morgan fingerprint density at radius 1 is 1.16 bits per heavy atom. The summed E-state index contributed by atoms with van der Waals surface area (Å²) < 4.78 is 6.54. The third-order valence-corrected chi connectivity index (χ3v) is 2.83. The smallest absolute Gasteiger partial charge is 0.323 e. The summed E-state index contributed by atoms with van der Waals surface area (Å²) in [5.74, 6) is 0.614. The second kappa shape index (κ2) is 5.83. The second-order valence-electron chi connectivity index (χ2n) is 4.09. The first kappa shape index (κ1) is 13.5. The van der Waals surface area contributed by atoms with Crippen LogP contribution in [-0.4, -0.2) is 29.0 Å². The molecule has 1 aromatic heterocycles. The van der Waals surface area contributed by atoms with Crippen LogP contribution in [-0.2, 0) is 6.61 Å². The summed E-state index contributed by atoms with van der Waals surface area (Å²) in [5, 5.41) is 0. The Bertz CT molecular complexity index is 559. The normalized spacial score (nSPS) is 10.3. The molecule has 1 aromatic carbocycles. The van der Waals surface area contributed by atoms with Crippen LogP contribution in [0.25, 0.3) is 0 Å². The van der Waals surface area contributed by atoms with Crippen molar-refractivity contribution in [1.29, 1.82) is 0 Å². The molecule has 2 aromatic rings. The van der Waals surface area contributed by atoms with E-state index in [-0.39, 0.29) is 12.0 Å². The topological polar surface area (TPSA) is 77.2 Å². The quantitative estimate of drug-likeness (QED) is 0.925. The van der Waals surface area contributed by atoms with Crippen LogP contribution >= 0.6 is 15.9 Å². The molecule has 0 radical (unpaired) electrons. The van der Waals surface area contributed by atoms with Gasteiger partial charge in [-0.25, -0.2) is 0 Å². The van der Waals surface area contributed by atoms with Crippen LogP contribution in [0.4, 0.5) is 11.9 Å². The summed E-state index contributed by atoms with van der Waals surface area (Å²) in [5.41, 5.74) is 6.63. The lowest BCUT2D eigenvalue weighted by Gasteiger charge is -2.11. The molecule has 100 valence electrons. The molecule has 0 amide bonds. The lowest BCUT2D eigenvalue weighted by Crippen LogP contribution is -2.15. The first-order chi connectivity index (χ1) is 9.04. The first-order valence-corrected chi connectivity index (χ1v) is 6.40. The van der Waals surface area contributed by atoms with Crippen molar-refractivity contribution in [3.63, 3.8) is 0 Å². The van der Waals surface area contributed by atoms with Crippen LogP contribution in [0.15, 0.2) is 28.7 Å². The lowest BCUT2D eigenvalue weighted by molar-refractivity contribution is 0.280. The molecular weight excluding hydrogens is 310 g/mol. The Labute approximate surface area is 119 Å². The molecule has 0 unspecified atom stereocenters. The monoisotopic (exact) mass is 323 g/mol. The van der Waals surface area contributed by atoms with E-state index in [0.717, 1.165) is 10.0 Å². The molecule has 2 N–H and O–H groups in total. The van der Waals surface area contributed by atoms with E-state index in [1.165, 1.54) is 0 Å². The van der Waals surface area contributed by atoms with Gasteiger partial charge in [-0.05, 0) is 17.7 Å². The average Bonchev–Trinajstić information content (AvgIpc) is 2.37. The van der Waals surface area contributed by atoms with E-state index in [2.05, 4.69) is 30.9 Å². The van der Waals surface area contributed by atoms with Crippen LogP contribution in [0.5, 0.6) is 6.01 Å². The molecule has 0 saturated carbocycles. The fraction of sp³-hybridized carbons (Fsp3) is 0.250. The first-order valence-electron chi connectivity index (χ1n) is 5.61. The van der Waals surface area contributed by atoms with E-state index in [4.69, 9.17) is 10.5 Å². The molecular formula is C12H14BrN5O. The third-order valence-electron chi connectivity index (χ3n) is 2.30. The number of hydrogen-bond acceptors (Lipinski definition) is 6. The highest BCUT2D eigenvalue weighted by atomic mass is 79.9. The van der Waals surface area contributed by atoms with Crippen molar-refractivity contribution in [2.45, 2.75) is 6.61 Å². The van der Waals surface area contributed by atoms with Crippen LogP contribution in [0, 0.1) is 0 Å². The van der Waals surface area contributed by atoms with E-state index in [0.29, 0.717) is 12.6 Å². The van der Waals surface area contributed by atoms with E-state index in [1.54, 1.807) is 4.90 Å². The molecule has 0 bridgehead atoms. The van der Waals surface area contributed by atoms with Crippen molar-refractivity contribution < 1.29 is 4.74 Å². The van der Waals surface area contributed by atoms with Gasteiger partial charge in [-0.15, -0.1) is 0 Å². The zero-order valence-corrected chi connectivity index (χ0v) is 12.3. The molecule has 0 aliphatic rings. The van der Waals surface area contributed by atoms with Crippen molar-refractivity contribution >= 4 is 27.8 Å². The van der Waals surface area contributed by atoms with Crippen molar-refractivity contribution in [2.75, 3.05) is 24.7 Å². The molecule has 19 heavy (non-hydrogen) atoms. The zero-order chi connectivity index (χ0) is 13.8. The van der Waals surface area contributed by atoms with E-state index in [9.17, 15) is 0 Å². The van der Waals surface area contributed by atoms with E-state index in [1.807, 2.05) is 38.4 Å². The van der Waals surface area contributed by atoms with Crippen molar-refractivity contribution in [3.8, 4) is 6.01 Å². The number of nitrogens with zero attached hydrogens (tertiary/aromatic N) is 4. The largest absolute Gasteiger partial charge is 0.458 e. The number of anilines is 2. The molecule has 2 rings (SSSR count). The van der Waals surface area contributed by atoms with Gasteiger partial charge in [-0.2, -0.15) is 15.0 Å². The molecule has 7 heteroatoms. The molecule has 0 aliphatic carbocycles. The number of nitrogens with two attached hydrogens (primary N) is 1. The summed E-state index contributed by atoms with van der Waals surface area (Å²) in [4.78, 5) is 13.8. The maximum Gasteiger partial charge on any atom is 0.323 e. The summed E-state index contributed by atoms with van der Waals surface area (Å²) in [7, 11) is 3.65. The number of rotatable bonds is 4. The maximum atomic E-state index is 5.61. The highest BCUT2D eigenvalue weighted by Gasteiger charge is 2.07. The minimum atomic E-state index is 0.143. The predicted octanol–water partition coefficient (Wildman–Crippen LogP) is 1.86. The molecule has 0 atom stereocenters. The Morgan fingerprint density at radius 3 is 2.47 bits per heavy atom. The van der Waals surface area contributed by atoms with Gasteiger partial charge < -0.3 is 15.4 Å². The van der Waals surface area contributed by atoms with E-state index < -0.39 is 0 Å². The third kappa shape index (κ3) is 3.78. The highest BCUT2D eigenvalue weighted by molar-refractivity contribution is 9.10. The molecule has 0 spiro atoms. The van der Waals surface area contributed by atoms with Crippen LogP contribution in [0.3, 0.4) is 0 Å². The average molecular weight is 324 g/mol. The van der Waals surface area contributed by atoms with Gasteiger partial charge >= 0.3 is 6.01 Å². The van der Waals surface area contributed by atoms with Gasteiger partial charge in [0, 0.05) is 18.6 Å². The number of ether oxygens (including phenoxy) is 1. The maximum absolute atomic E-state index is 5.61. The number of halogens is 1. The molecule has 1 heterocycles. The molecule has 0 saturated heterocycles. The molecule has 0 fully saturated rings. The SMILES string of the molecule is CN(C)c1nc(N)nc(OCc2ccc(Br)cc2)n1. The zero-order valence-electron chi connectivity index (χ0n) is 10.7. The summed E-state index contributed by atoms with van der Waals surface area (Å²) >= 11 is 3.38. The summed E-state index contributed by atoms with van der Waals surface area (Å²) in [6, 6.07) is 8.04. The summed E-state index contributed by atoms with van der Waals surface area (Å²) in [6.45, 7) is 0.379. The lowest BCUT2D eigenvalue weighted by atomic mass is 10.2. The van der Waals surface area contributed by atoms with Gasteiger partial charge in [0.15, 0.2) is 0 Å². The standard InChI is InChI=1S/C12H14BrN5O/c1-18(2)11-15-10(14)16-12(17-11)19-7-8-3-5-9(13)6-4-8/h3-6H,7H2,1-2H3,(H2,14,15,16,17). The van der Waals surface area contributed by atoms with E-state index >= 15 is 0 Å². The Hall–Kier alpha value is -1.89. The fourth-order valence-corrected chi connectivity index (χ4v) is 1.62. The number of benzene rings is 1. The van der Waals surface area contributed by atoms with Crippen LogP contribution < -0.4 is 15.4 Å². The molecule has 0 aliphatic heterocycles. The fourth-order valence-electron chi connectivity index (χ4n) is 1.35. The minimum Gasteiger partial charge on any atom is -0.458 e. The highest BCUT2D eigenvalue weighted by Crippen LogP contribution is 2.14.